The van der Waals surface area contributed by atoms with Crippen molar-refractivity contribution in [1.82, 2.24) is 10.0 Å². The highest BCUT2D eigenvalue weighted by Gasteiger charge is 2.13. The molecule has 0 unspecified atom stereocenters. The maximum Gasteiger partial charge on any atom is 0.240 e. The molecule has 0 saturated carbocycles. The molecule has 0 aliphatic rings. The lowest BCUT2D eigenvalue weighted by Gasteiger charge is -2.10. The number of hydrogen-bond acceptors (Lipinski definition) is 3. The largest absolute Gasteiger partial charge is 0.313 e. The highest BCUT2D eigenvalue weighted by molar-refractivity contribution is 9.10. The van der Waals surface area contributed by atoms with E-state index in [9.17, 15) is 8.42 Å². The summed E-state index contributed by atoms with van der Waals surface area (Å²) in [7, 11) is -3.41. The first kappa shape index (κ1) is 15.6. The second-order valence-corrected chi connectivity index (χ2v) is 7.04. The highest BCUT2D eigenvalue weighted by Crippen LogP contribution is 2.19. The van der Waals surface area contributed by atoms with Gasteiger partial charge < -0.3 is 5.32 Å². The number of sulfonamides is 1. The Morgan fingerprint density at radius 3 is 2.50 bits per heavy atom. The van der Waals surface area contributed by atoms with Crippen LogP contribution >= 0.6 is 15.9 Å². The van der Waals surface area contributed by atoms with E-state index in [1.807, 2.05) is 20.8 Å². The minimum absolute atomic E-state index is 0.299. The van der Waals surface area contributed by atoms with Gasteiger partial charge in [0.05, 0.1) is 4.90 Å². The first-order valence-electron chi connectivity index (χ1n) is 5.82. The van der Waals surface area contributed by atoms with E-state index in [1.54, 1.807) is 18.2 Å². The van der Waals surface area contributed by atoms with Crippen LogP contribution in [0, 0.1) is 6.92 Å². The van der Waals surface area contributed by atoms with Gasteiger partial charge in [0, 0.05) is 23.6 Å². The first-order chi connectivity index (χ1) is 8.33. The summed E-state index contributed by atoms with van der Waals surface area (Å²) in [5.74, 6) is 0. The third kappa shape index (κ3) is 4.68. The Labute approximate surface area is 117 Å². The zero-order valence-corrected chi connectivity index (χ0v) is 13.2. The van der Waals surface area contributed by atoms with Crippen molar-refractivity contribution >= 4 is 26.0 Å². The van der Waals surface area contributed by atoms with Crippen LogP contribution in [0.3, 0.4) is 0 Å². The molecule has 1 rings (SSSR count). The third-order valence-electron chi connectivity index (χ3n) is 2.41. The highest BCUT2D eigenvalue weighted by atomic mass is 79.9. The fraction of sp³-hybridized carbons (Fsp3) is 0.500. The van der Waals surface area contributed by atoms with Crippen molar-refractivity contribution < 1.29 is 8.42 Å². The van der Waals surface area contributed by atoms with Crippen molar-refractivity contribution in [2.24, 2.45) is 0 Å². The number of aryl methyl sites for hydroxylation is 1. The maximum absolute atomic E-state index is 12.0. The summed E-state index contributed by atoms with van der Waals surface area (Å²) in [6, 6.07) is 5.35. The lowest BCUT2D eigenvalue weighted by molar-refractivity contribution is 0.559. The van der Waals surface area contributed by atoms with Gasteiger partial charge in [-0.2, -0.15) is 0 Å². The summed E-state index contributed by atoms with van der Waals surface area (Å²) in [5, 5.41) is 3.16. The van der Waals surface area contributed by atoms with Gasteiger partial charge in [-0.25, -0.2) is 13.1 Å². The Kier molecular flexibility index (Phi) is 5.78. The SMILES string of the molecule is Cc1cc(S(=O)(=O)NCCNC(C)C)ccc1Br. The van der Waals surface area contributed by atoms with Crippen LogP contribution in [0.4, 0.5) is 0 Å². The van der Waals surface area contributed by atoms with Gasteiger partial charge in [-0.1, -0.05) is 29.8 Å². The van der Waals surface area contributed by atoms with Gasteiger partial charge in [0.25, 0.3) is 0 Å². The summed E-state index contributed by atoms with van der Waals surface area (Å²) in [4.78, 5) is 0.299. The average molecular weight is 335 g/mol. The second-order valence-electron chi connectivity index (χ2n) is 4.42. The average Bonchev–Trinajstić information content (AvgIpc) is 2.28. The van der Waals surface area contributed by atoms with Gasteiger partial charge in [0.1, 0.15) is 0 Å². The smallest absolute Gasteiger partial charge is 0.240 e. The molecule has 0 saturated heterocycles. The summed E-state index contributed by atoms with van der Waals surface area (Å²) in [5.41, 5.74) is 0.901. The topological polar surface area (TPSA) is 58.2 Å². The van der Waals surface area contributed by atoms with Crippen molar-refractivity contribution in [2.45, 2.75) is 31.7 Å². The minimum Gasteiger partial charge on any atom is -0.313 e. The number of nitrogens with one attached hydrogen (secondary N) is 2. The van der Waals surface area contributed by atoms with Crippen LogP contribution in [0.15, 0.2) is 27.6 Å². The molecule has 1 aromatic rings. The Morgan fingerprint density at radius 2 is 1.94 bits per heavy atom. The Hall–Kier alpha value is -0.430. The fourth-order valence-electron chi connectivity index (χ4n) is 1.41. The fourth-order valence-corrected chi connectivity index (χ4v) is 2.78. The Balaban J connectivity index is 2.66. The van der Waals surface area contributed by atoms with Crippen molar-refractivity contribution in [3.63, 3.8) is 0 Å². The number of hydrogen-bond donors (Lipinski definition) is 2. The molecule has 0 aliphatic heterocycles. The molecule has 1 aromatic carbocycles. The summed E-state index contributed by atoms with van der Waals surface area (Å²) >= 11 is 3.35. The van der Waals surface area contributed by atoms with E-state index in [-0.39, 0.29) is 0 Å². The summed E-state index contributed by atoms with van der Waals surface area (Å²) < 4.78 is 27.4. The van der Waals surface area contributed by atoms with Gasteiger partial charge in [-0.05, 0) is 30.7 Å². The monoisotopic (exact) mass is 334 g/mol. The zero-order valence-electron chi connectivity index (χ0n) is 10.8. The molecule has 0 atom stereocenters. The zero-order chi connectivity index (χ0) is 13.8. The van der Waals surface area contributed by atoms with E-state index in [4.69, 9.17) is 0 Å². The van der Waals surface area contributed by atoms with E-state index < -0.39 is 10.0 Å². The Bertz CT molecular complexity index is 501. The summed E-state index contributed by atoms with van der Waals surface area (Å²) in [6.45, 7) is 6.91. The number of benzene rings is 1. The standard InChI is InChI=1S/C12H19BrN2O2S/c1-9(2)14-6-7-15-18(16,17)11-4-5-12(13)10(3)8-11/h4-5,8-9,14-15H,6-7H2,1-3H3. The predicted molar refractivity (Wildman–Crippen MR) is 77.2 cm³/mol. The molecule has 6 heteroatoms. The molecule has 0 aromatic heterocycles. The van der Waals surface area contributed by atoms with E-state index in [0.717, 1.165) is 10.0 Å². The van der Waals surface area contributed by atoms with Crippen molar-refractivity contribution in [3.8, 4) is 0 Å². The molecule has 102 valence electrons. The first-order valence-corrected chi connectivity index (χ1v) is 8.10. The molecule has 4 nitrogen and oxygen atoms in total. The third-order valence-corrected chi connectivity index (χ3v) is 4.76. The van der Waals surface area contributed by atoms with Crippen LogP contribution in [-0.4, -0.2) is 27.5 Å². The van der Waals surface area contributed by atoms with Crippen LogP contribution in [-0.2, 0) is 10.0 Å². The van der Waals surface area contributed by atoms with Crippen molar-refractivity contribution in [2.75, 3.05) is 13.1 Å². The molecule has 0 bridgehead atoms. The molecule has 0 fully saturated rings. The molecule has 0 radical (unpaired) electrons. The predicted octanol–water partition coefficient (Wildman–Crippen LogP) is 2.03. The summed E-state index contributed by atoms with van der Waals surface area (Å²) in [6.07, 6.45) is 0. The van der Waals surface area contributed by atoms with Crippen LogP contribution < -0.4 is 10.0 Å². The van der Waals surface area contributed by atoms with Crippen LogP contribution in [0.2, 0.25) is 0 Å². The van der Waals surface area contributed by atoms with Gasteiger partial charge >= 0.3 is 0 Å². The maximum atomic E-state index is 12.0. The quantitative estimate of drug-likeness (QED) is 0.782. The molecule has 0 spiro atoms. The van der Waals surface area contributed by atoms with Crippen molar-refractivity contribution in [1.29, 1.82) is 0 Å². The van der Waals surface area contributed by atoms with E-state index in [0.29, 0.717) is 24.0 Å². The van der Waals surface area contributed by atoms with E-state index >= 15 is 0 Å². The number of rotatable bonds is 6. The van der Waals surface area contributed by atoms with Gasteiger partial charge in [-0.15, -0.1) is 0 Å². The minimum atomic E-state index is -3.41. The lowest BCUT2D eigenvalue weighted by atomic mass is 10.2. The molecule has 2 N–H and O–H groups in total. The molecule has 18 heavy (non-hydrogen) atoms. The van der Waals surface area contributed by atoms with E-state index in [2.05, 4.69) is 26.0 Å². The van der Waals surface area contributed by atoms with Gasteiger partial charge in [-0.3, -0.25) is 0 Å². The molecule has 0 aliphatic carbocycles. The van der Waals surface area contributed by atoms with Crippen LogP contribution in [0.5, 0.6) is 0 Å². The molecular formula is C12H19BrN2O2S. The molecule has 0 heterocycles. The molecule has 0 amide bonds. The van der Waals surface area contributed by atoms with E-state index in [1.165, 1.54) is 0 Å². The second kappa shape index (κ2) is 6.65. The normalized spacial score (nSPS) is 12.1. The van der Waals surface area contributed by atoms with Crippen LogP contribution in [0.25, 0.3) is 0 Å². The van der Waals surface area contributed by atoms with Gasteiger partial charge in [0.2, 0.25) is 10.0 Å². The Morgan fingerprint density at radius 1 is 1.28 bits per heavy atom. The van der Waals surface area contributed by atoms with Crippen LogP contribution in [0.1, 0.15) is 19.4 Å². The number of halogens is 1. The van der Waals surface area contributed by atoms with Gasteiger partial charge in [0.15, 0.2) is 0 Å². The van der Waals surface area contributed by atoms with Crippen molar-refractivity contribution in [3.05, 3.63) is 28.2 Å². The molecular weight excluding hydrogens is 316 g/mol. The lowest BCUT2D eigenvalue weighted by Crippen LogP contribution is -2.34.